The summed E-state index contributed by atoms with van der Waals surface area (Å²) in [5, 5.41) is 9.21. The summed E-state index contributed by atoms with van der Waals surface area (Å²) < 4.78 is 9.81. The number of ether oxygens (including phenoxy) is 2. The zero-order valence-electron chi connectivity index (χ0n) is 6.90. The topological polar surface area (TPSA) is 55.8 Å². The van der Waals surface area contributed by atoms with Crippen molar-refractivity contribution in [3.63, 3.8) is 0 Å². The van der Waals surface area contributed by atoms with Gasteiger partial charge in [0, 0.05) is 18.8 Å². The predicted octanol–water partition coefficient (Wildman–Crippen LogP) is -0.240. The first-order valence-electron chi connectivity index (χ1n) is 4.13. The van der Waals surface area contributed by atoms with Crippen LogP contribution in [-0.2, 0) is 14.3 Å². The van der Waals surface area contributed by atoms with Gasteiger partial charge in [-0.2, -0.15) is 0 Å². The maximum absolute atomic E-state index is 10.5. The van der Waals surface area contributed by atoms with Crippen LogP contribution in [0.25, 0.3) is 0 Å². The van der Waals surface area contributed by atoms with E-state index in [1.807, 2.05) is 0 Å². The minimum atomic E-state index is -0.629. The third-order valence-corrected chi connectivity index (χ3v) is 2.67. The van der Waals surface area contributed by atoms with Gasteiger partial charge >= 0.3 is 5.97 Å². The van der Waals surface area contributed by atoms with Crippen molar-refractivity contribution >= 4 is 5.97 Å². The molecule has 4 nitrogen and oxygen atoms in total. The lowest BCUT2D eigenvalue weighted by molar-refractivity contribution is -0.143. The molecule has 0 aromatic rings. The lowest BCUT2D eigenvalue weighted by Crippen LogP contribution is -2.15. The van der Waals surface area contributed by atoms with Gasteiger partial charge in [-0.3, -0.25) is 4.79 Å². The fraction of sp³-hybridized carbons (Fsp3) is 0.875. The van der Waals surface area contributed by atoms with Crippen LogP contribution in [-0.4, -0.2) is 30.6 Å². The number of rotatable bonds is 2. The van der Waals surface area contributed by atoms with E-state index in [1.165, 1.54) is 6.92 Å². The SMILES string of the molecule is CC(=O)OC[C@H]1[C@H]2COC(O)[C@H]21. The molecular weight excluding hydrogens is 160 g/mol. The van der Waals surface area contributed by atoms with E-state index in [1.54, 1.807) is 0 Å². The van der Waals surface area contributed by atoms with Gasteiger partial charge in [0.25, 0.3) is 0 Å². The number of hydrogen-bond acceptors (Lipinski definition) is 4. The molecule has 0 radical (unpaired) electrons. The van der Waals surface area contributed by atoms with Gasteiger partial charge in [-0.15, -0.1) is 0 Å². The Labute approximate surface area is 70.5 Å². The molecule has 1 aliphatic carbocycles. The smallest absolute Gasteiger partial charge is 0.302 e. The van der Waals surface area contributed by atoms with E-state index in [0.717, 1.165) is 0 Å². The molecule has 0 amide bonds. The molecule has 2 aliphatic rings. The van der Waals surface area contributed by atoms with Gasteiger partial charge < -0.3 is 14.6 Å². The molecule has 2 rings (SSSR count). The minimum Gasteiger partial charge on any atom is -0.466 e. The molecule has 1 heterocycles. The second kappa shape index (κ2) is 2.71. The van der Waals surface area contributed by atoms with Crippen LogP contribution in [0.3, 0.4) is 0 Å². The van der Waals surface area contributed by atoms with Crippen molar-refractivity contribution in [1.82, 2.24) is 0 Å². The maximum Gasteiger partial charge on any atom is 0.302 e. The molecule has 68 valence electrons. The normalized spacial score (nSPS) is 43.8. The lowest BCUT2D eigenvalue weighted by Gasteiger charge is -2.08. The average Bonchev–Trinajstić information content (AvgIpc) is 2.58. The van der Waals surface area contributed by atoms with Gasteiger partial charge in [0.2, 0.25) is 0 Å². The van der Waals surface area contributed by atoms with E-state index in [2.05, 4.69) is 0 Å². The molecule has 1 N–H and O–H groups in total. The molecule has 2 fully saturated rings. The van der Waals surface area contributed by atoms with E-state index in [4.69, 9.17) is 9.47 Å². The first-order chi connectivity index (χ1) is 5.70. The Morgan fingerprint density at radius 1 is 1.75 bits per heavy atom. The van der Waals surface area contributed by atoms with Gasteiger partial charge in [-0.1, -0.05) is 0 Å². The summed E-state index contributed by atoms with van der Waals surface area (Å²) in [6.45, 7) is 2.44. The molecule has 0 spiro atoms. The highest BCUT2D eigenvalue weighted by Crippen LogP contribution is 2.53. The molecule has 0 aromatic carbocycles. The maximum atomic E-state index is 10.5. The van der Waals surface area contributed by atoms with Crippen molar-refractivity contribution in [1.29, 1.82) is 0 Å². The van der Waals surface area contributed by atoms with Crippen LogP contribution in [0.15, 0.2) is 0 Å². The second-order valence-corrected chi connectivity index (χ2v) is 3.43. The van der Waals surface area contributed by atoms with E-state index >= 15 is 0 Å². The van der Waals surface area contributed by atoms with E-state index in [-0.39, 0.29) is 11.9 Å². The van der Waals surface area contributed by atoms with Crippen molar-refractivity contribution in [2.24, 2.45) is 17.8 Å². The van der Waals surface area contributed by atoms with Crippen molar-refractivity contribution in [2.45, 2.75) is 13.2 Å². The van der Waals surface area contributed by atoms with Crippen LogP contribution >= 0.6 is 0 Å². The number of fused-ring (bicyclic) bond motifs is 1. The largest absolute Gasteiger partial charge is 0.466 e. The van der Waals surface area contributed by atoms with Crippen molar-refractivity contribution in [2.75, 3.05) is 13.2 Å². The molecule has 1 aliphatic heterocycles. The number of aliphatic hydroxyl groups excluding tert-OH is 1. The fourth-order valence-corrected chi connectivity index (χ4v) is 1.90. The Kier molecular flexibility index (Phi) is 1.81. The number of aliphatic hydroxyl groups is 1. The second-order valence-electron chi connectivity index (χ2n) is 3.43. The molecule has 12 heavy (non-hydrogen) atoms. The Morgan fingerprint density at radius 3 is 3.00 bits per heavy atom. The molecule has 1 saturated carbocycles. The number of esters is 1. The first kappa shape index (κ1) is 8.01. The standard InChI is InChI=1S/C8H12O4/c1-4(9)11-2-5-6-3-12-8(10)7(5)6/h5-8,10H,2-3H2,1H3/t5-,6+,7-,8?/m0/s1. The molecule has 0 bridgehead atoms. The summed E-state index contributed by atoms with van der Waals surface area (Å²) in [5.74, 6) is 0.705. The Morgan fingerprint density at radius 2 is 2.50 bits per heavy atom. The van der Waals surface area contributed by atoms with Crippen LogP contribution < -0.4 is 0 Å². The molecule has 0 aromatic heterocycles. The Bertz CT molecular complexity index is 203. The summed E-state index contributed by atoms with van der Waals surface area (Å²) in [5.41, 5.74) is 0. The highest BCUT2D eigenvalue weighted by Gasteiger charge is 2.59. The number of hydrogen-bond donors (Lipinski definition) is 1. The summed E-state index contributed by atoms with van der Waals surface area (Å²) >= 11 is 0. The predicted molar refractivity (Wildman–Crippen MR) is 39.1 cm³/mol. The van der Waals surface area contributed by atoms with Crippen molar-refractivity contribution < 1.29 is 19.4 Å². The highest BCUT2D eigenvalue weighted by molar-refractivity contribution is 5.65. The Balaban J connectivity index is 1.77. The monoisotopic (exact) mass is 172 g/mol. The van der Waals surface area contributed by atoms with E-state index in [0.29, 0.717) is 25.0 Å². The zero-order chi connectivity index (χ0) is 8.72. The molecule has 4 heteroatoms. The van der Waals surface area contributed by atoms with E-state index in [9.17, 15) is 9.90 Å². The highest BCUT2D eigenvalue weighted by atomic mass is 16.6. The summed E-state index contributed by atoms with van der Waals surface area (Å²) in [4.78, 5) is 10.5. The van der Waals surface area contributed by atoms with Gasteiger partial charge in [0.05, 0.1) is 13.2 Å². The summed E-state index contributed by atoms with van der Waals surface area (Å²) in [6, 6.07) is 0. The van der Waals surface area contributed by atoms with Crippen LogP contribution in [0.2, 0.25) is 0 Å². The van der Waals surface area contributed by atoms with Gasteiger partial charge in [0.15, 0.2) is 6.29 Å². The fourth-order valence-electron chi connectivity index (χ4n) is 1.90. The van der Waals surface area contributed by atoms with Gasteiger partial charge in [0.1, 0.15) is 0 Å². The molecule has 1 saturated heterocycles. The summed E-state index contributed by atoms with van der Waals surface area (Å²) in [7, 11) is 0. The third kappa shape index (κ3) is 1.21. The van der Waals surface area contributed by atoms with Crippen LogP contribution in [0, 0.1) is 17.8 Å². The number of carbonyl (C=O) groups is 1. The van der Waals surface area contributed by atoms with Gasteiger partial charge in [-0.25, -0.2) is 0 Å². The minimum absolute atomic E-state index is 0.212. The quantitative estimate of drug-likeness (QED) is 0.584. The first-order valence-corrected chi connectivity index (χ1v) is 4.13. The average molecular weight is 172 g/mol. The van der Waals surface area contributed by atoms with Crippen LogP contribution in [0.4, 0.5) is 0 Å². The lowest BCUT2D eigenvalue weighted by atomic mass is 10.3. The van der Waals surface area contributed by atoms with Crippen molar-refractivity contribution in [3.8, 4) is 0 Å². The molecule has 4 atom stereocenters. The third-order valence-electron chi connectivity index (χ3n) is 2.67. The van der Waals surface area contributed by atoms with Crippen LogP contribution in [0.1, 0.15) is 6.92 Å². The van der Waals surface area contributed by atoms with Crippen molar-refractivity contribution in [3.05, 3.63) is 0 Å². The molecule has 1 unspecified atom stereocenters. The Hall–Kier alpha value is -0.610. The van der Waals surface area contributed by atoms with Gasteiger partial charge in [-0.05, 0) is 5.92 Å². The molecular formula is C8H12O4. The summed E-state index contributed by atoms with van der Waals surface area (Å²) in [6.07, 6.45) is -0.629. The van der Waals surface area contributed by atoms with Crippen LogP contribution in [0.5, 0.6) is 0 Å². The zero-order valence-corrected chi connectivity index (χ0v) is 6.90. The number of carbonyl (C=O) groups excluding carboxylic acids is 1. The van der Waals surface area contributed by atoms with E-state index < -0.39 is 6.29 Å².